The van der Waals surface area contributed by atoms with Crippen LogP contribution >= 0.6 is 11.6 Å². The molecule has 3 rings (SSSR count). The molecule has 1 saturated carbocycles. The van der Waals surface area contributed by atoms with Crippen LogP contribution in [-0.2, 0) is 0 Å². The van der Waals surface area contributed by atoms with E-state index in [1.807, 2.05) is 37.2 Å². The summed E-state index contributed by atoms with van der Waals surface area (Å²) in [6.07, 6.45) is 3.66. The van der Waals surface area contributed by atoms with Crippen molar-refractivity contribution >= 4 is 29.1 Å². The lowest BCUT2D eigenvalue weighted by molar-refractivity contribution is 0.0926. The number of hydrogen-bond acceptors (Lipinski definition) is 4. The number of nitrogens with zero attached hydrogens (tertiary/aromatic N) is 2. The van der Waals surface area contributed by atoms with Crippen LogP contribution in [0.15, 0.2) is 36.4 Å². The van der Waals surface area contributed by atoms with Crippen molar-refractivity contribution in [3.8, 4) is 0 Å². The van der Waals surface area contributed by atoms with Gasteiger partial charge >= 0.3 is 0 Å². The van der Waals surface area contributed by atoms with Gasteiger partial charge in [0.25, 0.3) is 5.91 Å². The number of carbonyl (C=O) groups excluding carboxylic acids is 1. The lowest BCUT2D eigenvalue weighted by atomic mass is 9.91. The molecule has 27 heavy (non-hydrogen) atoms. The maximum atomic E-state index is 13.2. The van der Waals surface area contributed by atoms with Crippen molar-refractivity contribution in [1.29, 1.82) is 0 Å². The second kappa shape index (κ2) is 8.57. The van der Waals surface area contributed by atoms with Crippen molar-refractivity contribution in [3.05, 3.63) is 52.8 Å². The first-order valence-electron chi connectivity index (χ1n) is 9.09. The number of aromatic nitrogens is 1. The van der Waals surface area contributed by atoms with Crippen molar-refractivity contribution in [2.24, 2.45) is 0 Å². The van der Waals surface area contributed by atoms with E-state index in [9.17, 15) is 9.18 Å². The molecule has 1 aromatic heterocycles. The summed E-state index contributed by atoms with van der Waals surface area (Å²) in [6.45, 7) is 0. The molecule has 0 spiro atoms. The van der Waals surface area contributed by atoms with Crippen LogP contribution in [0.3, 0.4) is 0 Å². The second-order valence-corrected chi connectivity index (χ2v) is 7.48. The Bertz CT molecular complexity index is 806. The Kier molecular flexibility index (Phi) is 6.16. The average Bonchev–Trinajstić information content (AvgIpc) is 2.65. The molecule has 2 N–H and O–H groups in total. The number of carbonyl (C=O) groups is 1. The van der Waals surface area contributed by atoms with Gasteiger partial charge in [0.2, 0.25) is 0 Å². The minimum absolute atomic E-state index is 0.0389. The molecule has 2 aromatic rings. The summed E-state index contributed by atoms with van der Waals surface area (Å²) in [5.74, 6) is 1.05. The largest absolute Gasteiger partial charge is 0.367 e. The topological polar surface area (TPSA) is 57.3 Å². The standard InChI is InChI=1S/C20H24ClFN4O/c1-26(2)19-5-3-4-18(25-19)23-14-7-9-15(10-8-14)24-20(27)13-6-11-17(22)16(21)12-13/h3-6,11-12,14-15H,7-10H2,1-2H3,(H,23,25)(H,24,27). The van der Waals surface area contributed by atoms with Gasteiger partial charge in [-0.1, -0.05) is 17.7 Å². The molecule has 1 aliphatic carbocycles. The van der Waals surface area contributed by atoms with Gasteiger partial charge < -0.3 is 15.5 Å². The van der Waals surface area contributed by atoms with Gasteiger partial charge in [0.15, 0.2) is 0 Å². The van der Waals surface area contributed by atoms with E-state index in [2.05, 4.69) is 15.6 Å². The Hall–Kier alpha value is -2.34. The third-order valence-corrected chi connectivity index (χ3v) is 5.08. The van der Waals surface area contributed by atoms with Crippen molar-refractivity contribution in [2.45, 2.75) is 37.8 Å². The number of hydrogen-bond donors (Lipinski definition) is 2. The smallest absolute Gasteiger partial charge is 0.251 e. The normalized spacial score (nSPS) is 19.4. The van der Waals surface area contributed by atoms with Crippen LogP contribution < -0.4 is 15.5 Å². The van der Waals surface area contributed by atoms with Crippen molar-refractivity contribution in [3.63, 3.8) is 0 Å². The van der Waals surface area contributed by atoms with Gasteiger partial charge in [-0.05, 0) is 56.0 Å². The van der Waals surface area contributed by atoms with Crippen LogP contribution in [0, 0.1) is 5.82 Å². The number of nitrogens with one attached hydrogen (secondary N) is 2. The molecule has 1 aromatic carbocycles. The maximum Gasteiger partial charge on any atom is 0.251 e. The van der Waals surface area contributed by atoms with E-state index in [1.165, 1.54) is 18.2 Å². The maximum absolute atomic E-state index is 13.2. The summed E-state index contributed by atoms with van der Waals surface area (Å²) in [6, 6.07) is 10.4. The predicted octanol–water partition coefficient (Wildman–Crippen LogP) is 4.09. The molecule has 0 bridgehead atoms. The predicted molar refractivity (Wildman–Crippen MR) is 107 cm³/mol. The minimum atomic E-state index is -0.522. The van der Waals surface area contributed by atoms with E-state index < -0.39 is 5.82 Å². The molecule has 7 heteroatoms. The molecule has 1 heterocycles. The number of anilines is 2. The molecule has 0 saturated heterocycles. The number of amides is 1. The van der Waals surface area contributed by atoms with E-state index in [0.29, 0.717) is 11.6 Å². The quantitative estimate of drug-likeness (QED) is 0.807. The fraction of sp³-hybridized carbons (Fsp3) is 0.400. The third-order valence-electron chi connectivity index (χ3n) is 4.79. The van der Waals surface area contributed by atoms with Gasteiger partial charge in [-0.25, -0.2) is 9.37 Å². The summed E-state index contributed by atoms with van der Waals surface area (Å²) in [4.78, 5) is 18.9. The number of halogens is 2. The van der Waals surface area contributed by atoms with Crippen LogP contribution in [0.4, 0.5) is 16.0 Å². The Morgan fingerprint density at radius 1 is 1.15 bits per heavy atom. The summed E-state index contributed by atoms with van der Waals surface area (Å²) in [7, 11) is 3.93. The van der Waals surface area contributed by atoms with Crippen LogP contribution in [0.5, 0.6) is 0 Å². The van der Waals surface area contributed by atoms with Crippen molar-refractivity contribution < 1.29 is 9.18 Å². The fourth-order valence-electron chi connectivity index (χ4n) is 3.25. The molecular formula is C20H24ClFN4O. The minimum Gasteiger partial charge on any atom is -0.367 e. The van der Waals surface area contributed by atoms with E-state index in [4.69, 9.17) is 11.6 Å². The Labute approximate surface area is 163 Å². The molecular weight excluding hydrogens is 367 g/mol. The Balaban J connectivity index is 1.50. The molecule has 5 nitrogen and oxygen atoms in total. The van der Waals surface area contributed by atoms with E-state index in [0.717, 1.165) is 37.3 Å². The molecule has 0 aliphatic heterocycles. The summed E-state index contributed by atoms with van der Waals surface area (Å²) in [5, 5.41) is 6.47. The van der Waals surface area contributed by atoms with Crippen LogP contribution in [0.2, 0.25) is 5.02 Å². The summed E-state index contributed by atoms with van der Waals surface area (Å²) >= 11 is 5.76. The van der Waals surface area contributed by atoms with Crippen molar-refractivity contribution in [2.75, 3.05) is 24.3 Å². The van der Waals surface area contributed by atoms with Gasteiger partial charge in [0, 0.05) is 31.7 Å². The monoisotopic (exact) mass is 390 g/mol. The zero-order chi connectivity index (χ0) is 19.4. The molecule has 0 unspecified atom stereocenters. The Morgan fingerprint density at radius 2 is 1.85 bits per heavy atom. The van der Waals surface area contributed by atoms with Crippen LogP contribution in [0.1, 0.15) is 36.0 Å². The zero-order valence-electron chi connectivity index (χ0n) is 15.5. The summed E-state index contributed by atoms with van der Waals surface area (Å²) < 4.78 is 13.2. The van der Waals surface area contributed by atoms with Crippen molar-refractivity contribution in [1.82, 2.24) is 10.3 Å². The Morgan fingerprint density at radius 3 is 2.52 bits per heavy atom. The molecule has 1 amide bonds. The average molecular weight is 391 g/mol. The van der Waals surface area contributed by atoms with Crippen LogP contribution in [-0.4, -0.2) is 37.1 Å². The second-order valence-electron chi connectivity index (χ2n) is 7.07. The summed E-state index contributed by atoms with van der Waals surface area (Å²) in [5.41, 5.74) is 0.381. The van der Waals surface area contributed by atoms with Crippen LogP contribution in [0.25, 0.3) is 0 Å². The highest BCUT2D eigenvalue weighted by atomic mass is 35.5. The number of pyridine rings is 1. The first-order valence-corrected chi connectivity index (χ1v) is 9.47. The van der Waals surface area contributed by atoms with Gasteiger partial charge in [-0.3, -0.25) is 4.79 Å². The molecule has 1 fully saturated rings. The van der Waals surface area contributed by atoms with E-state index in [-0.39, 0.29) is 17.0 Å². The third kappa shape index (κ3) is 5.10. The highest BCUT2D eigenvalue weighted by Crippen LogP contribution is 2.23. The highest BCUT2D eigenvalue weighted by molar-refractivity contribution is 6.31. The van der Waals surface area contributed by atoms with Gasteiger partial charge in [0.1, 0.15) is 17.5 Å². The number of benzene rings is 1. The highest BCUT2D eigenvalue weighted by Gasteiger charge is 2.23. The van der Waals surface area contributed by atoms with Gasteiger partial charge in [0.05, 0.1) is 5.02 Å². The number of rotatable bonds is 5. The fourth-order valence-corrected chi connectivity index (χ4v) is 3.43. The first kappa shape index (κ1) is 19.4. The molecule has 0 radical (unpaired) electrons. The molecule has 0 atom stereocenters. The SMILES string of the molecule is CN(C)c1cccc(NC2CCC(NC(=O)c3ccc(F)c(Cl)c3)CC2)n1. The zero-order valence-corrected chi connectivity index (χ0v) is 16.3. The lowest BCUT2D eigenvalue weighted by Crippen LogP contribution is -2.40. The van der Waals surface area contributed by atoms with E-state index >= 15 is 0 Å². The van der Waals surface area contributed by atoms with Gasteiger partial charge in [-0.15, -0.1) is 0 Å². The molecule has 144 valence electrons. The molecule has 1 aliphatic rings. The van der Waals surface area contributed by atoms with E-state index in [1.54, 1.807) is 0 Å². The van der Waals surface area contributed by atoms with Gasteiger partial charge in [-0.2, -0.15) is 0 Å². The first-order chi connectivity index (χ1) is 12.9. The lowest BCUT2D eigenvalue weighted by Gasteiger charge is -2.30.